The standard InChI is InChI=1S/C19H15N6O6/c26-23(27)15-6-4-14(5-7-15)18(13-22-10-2-1-3-11-22)21-20-17-9-8-16(24(28)29)12-19(17)25(30)31/h1-12,18H,13H2/q+1. The first-order valence-corrected chi connectivity index (χ1v) is 8.87. The van der Waals surface area contributed by atoms with Crippen molar-refractivity contribution in [2.75, 3.05) is 0 Å². The van der Waals surface area contributed by atoms with E-state index < -0.39 is 32.2 Å². The number of hydrogen-bond acceptors (Lipinski definition) is 8. The van der Waals surface area contributed by atoms with Gasteiger partial charge in [0.15, 0.2) is 30.7 Å². The van der Waals surface area contributed by atoms with E-state index in [1.54, 1.807) is 12.4 Å². The molecule has 2 aromatic carbocycles. The van der Waals surface area contributed by atoms with Crippen molar-refractivity contribution in [3.63, 3.8) is 0 Å². The summed E-state index contributed by atoms with van der Waals surface area (Å²) in [5, 5.41) is 41.3. The molecule has 12 nitrogen and oxygen atoms in total. The zero-order valence-corrected chi connectivity index (χ0v) is 15.8. The summed E-state index contributed by atoms with van der Waals surface area (Å²) >= 11 is 0. The fourth-order valence-electron chi connectivity index (χ4n) is 2.77. The lowest BCUT2D eigenvalue weighted by Gasteiger charge is -2.09. The molecule has 156 valence electrons. The first-order valence-electron chi connectivity index (χ1n) is 8.87. The lowest BCUT2D eigenvalue weighted by atomic mass is 10.1. The molecular formula is C19H15N6O6+. The fourth-order valence-corrected chi connectivity index (χ4v) is 2.77. The van der Waals surface area contributed by atoms with E-state index >= 15 is 0 Å². The molecule has 0 N–H and O–H groups in total. The van der Waals surface area contributed by atoms with Crippen molar-refractivity contribution >= 4 is 22.7 Å². The van der Waals surface area contributed by atoms with Gasteiger partial charge in [-0.1, -0.05) is 6.07 Å². The van der Waals surface area contributed by atoms with Gasteiger partial charge in [-0.3, -0.25) is 30.3 Å². The van der Waals surface area contributed by atoms with E-state index in [1.807, 2.05) is 22.8 Å². The number of azo groups is 1. The second kappa shape index (κ2) is 9.26. The van der Waals surface area contributed by atoms with Crippen molar-refractivity contribution in [1.82, 2.24) is 0 Å². The highest BCUT2D eigenvalue weighted by Crippen LogP contribution is 2.33. The van der Waals surface area contributed by atoms with Gasteiger partial charge in [-0.05, 0) is 23.8 Å². The van der Waals surface area contributed by atoms with Gasteiger partial charge in [0.1, 0.15) is 0 Å². The second-order valence-electron chi connectivity index (χ2n) is 6.34. The van der Waals surface area contributed by atoms with Gasteiger partial charge in [0.2, 0.25) is 0 Å². The molecule has 1 atom stereocenters. The van der Waals surface area contributed by atoms with E-state index in [9.17, 15) is 30.3 Å². The van der Waals surface area contributed by atoms with Crippen LogP contribution in [0.5, 0.6) is 0 Å². The normalized spacial score (nSPS) is 11.9. The summed E-state index contributed by atoms with van der Waals surface area (Å²) in [6.45, 7) is 0.308. The SMILES string of the molecule is O=[N+]([O-])c1ccc(C(C[n+]2ccccc2)N=Nc2ccc([N+](=O)[O-])cc2[N+](=O)[O-])cc1. The number of nitro benzene ring substituents is 3. The Labute approximate surface area is 174 Å². The molecule has 0 aliphatic heterocycles. The lowest BCUT2D eigenvalue weighted by Crippen LogP contribution is -2.35. The van der Waals surface area contributed by atoms with Crippen LogP contribution in [0.25, 0.3) is 0 Å². The van der Waals surface area contributed by atoms with E-state index in [0.717, 1.165) is 18.2 Å². The third-order valence-corrected chi connectivity index (χ3v) is 4.32. The smallest absolute Gasteiger partial charge is 0.258 e. The number of pyridine rings is 1. The number of non-ortho nitro benzene ring substituents is 2. The Bertz CT molecular complexity index is 1150. The summed E-state index contributed by atoms with van der Waals surface area (Å²) in [4.78, 5) is 31.1. The summed E-state index contributed by atoms with van der Waals surface area (Å²) in [5.74, 6) is 0. The summed E-state index contributed by atoms with van der Waals surface area (Å²) in [7, 11) is 0. The minimum Gasteiger partial charge on any atom is -0.258 e. The van der Waals surface area contributed by atoms with Crippen LogP contribution < -0.4 is 4.57 Å². The van der Waals surface area contributed by atoms with E-state index in [2.05, 4.69) is 10.2 Å². The Hall–Kier alpha value is -4.61. The Morgan fingerprint density at radius 1 is 0.806 bits per heavy atom. The van der Waals surface area contributed by atoms with Crippen LogP contribution in [-0.2, 0) is 6.54 Å². The average molecular weight is 423 g/mol. The predicted octanol–water partition coefficient (Wildman–Crippen LogP) is 4.22. The number of hydrogen-bond donors (Lipinski definition) is 0. The molecule has 0 saturated heterocycles. The maximum atomic E-state index is 11.3. The van der Waals surface area contributed by atoms with E-state index in [0.29, 0.717) is 12.1 Å². The first kappa shape index (κ1) is 21.1. The zero-order valence-electron chi connectivity index (χ0n) is 15.8. The second-order valence-corrected chi connectivity index (χ2v) is 6.34. The van der Waals surface area contributed by atoms with Gasteiger partial charge in [-0.2, -0.15) is 5.11 Å². The van der Waals surface area contributed by atoms with E-state index in [4.69, 9.17) is 0 Å². The van der Waals surface area contributed by atoms with E-state index in [1.165, 1.54) is 24.3 Å². The third-order valence-electron chi connectivity index (χ3n) is 4.32. The maximum absolute atomic E-state index is 11.3. The van der Waals surface area contributed by atoms with Gasteiger partial charge >= 0.3 is 5.69 Å². The highest BCUT2D eigenvalue weighted by molar-refractivity contribution is 5.61. The van der Waals surface area contributed by atoms with Crippen LogP contribution in [0.3, 0.4) is 0 Å². The summed E-state index contributed by atoms with van der Waals surface area (Å²) in [5.41, 5.74) is -0.598. The molecular weight excluding hydrogens is 408 g/mol. The van der Waals surface area contributed by atoms with Crippen LogP contribution in [0.2, 0.25) is 0 Å². The third kappa shape index (κ3) is 5.26. The van der Waals surface area contributed by atoms with Gasteiger partial charge < -0.3 is 0 Å². The predicted molar refractivity (Wildman–Crippen MR) is 107 cm³/mol. The molecule has 1 heterocycles. The molecule has 0 radical (unpaired) electrons. The van der Waals surface area contributed by atoms with Crippen molar-refractivity contribution < 1.29 is 19.3 Å². The molecule has 0 aliphatic carbocycles. The summed E-state index contributed by atoms with van der Waals surface area (Å²) in [6, 6.07) is 13.7. The number of nitro groups is 3. The van der Waals surface area contributed by atoms with Crippen LogP contribution in [0.4, 0.5) is 22.7 Å². The first-order chi connectivity index (χ1) is 14.8. The fraction of sp³-hybridized carbons (Fsp3) is 0.105. The van der Waals surface area contributed by atoms with Gasteiger partial charge in [0.25, 0.3) is 11.4 Å². The largest absolute Gasteiger partial charge is 0.303 e. The average Bonchev–Trinajstić information content (AvgIpc) is 2.77. The molecule has 1 unspecified atom stereocenters. The molecule has 31 heavy (non-hydrogen) atoms. The molecule has 0 bridgehead atoms. The Morgan fingerprint density at radius 3 is 2.00 bits per heavy atom. The highest BCUT2D eigenvalue weighted by Gasteiger charge is 2.21. The molecule has 0 saturated carbocycles. The Kier molecular flexibility index (Phi) is 6.30. The summed E-state index contributed by atoms with van der Waals surface area (Å²) in [6.07, 6.45) is 3.59. The molecule has 0 fully saturated rings. The van der Waals surface area contributed by atoms with Gasteiger partial charge in [0.05, 0.1) is 20.8 Å². The lowest BCUT2D eigenvalue weighted by molar-refractivity contribution is -0.699. The number of nitrogens with zero attached hydrogens (tertiary/aromatic N) is 6. The van der Waals surface area contributed by atoms with Crippen LogP contribution in [-0.4, -0.2) is 14.8 Å². The van der Waals surface area contributed by atoms with Gasteiger partial charge in [0, 0.05) is 30.3 Å². The monoisotopic (exact) mass is 423 g/mol. The quantitative estimate of drug-likeness (QED) is 0.228. The Balaban J connectivity index is 1.98. The molecule has 0 aliphatic rings. The number of benzene rings is 2. The molecule has 0 spiro atoms. The van der Waals surface area contributed by atoms with Crippen molar-refractivity contribution in [3.8, 4) is 0 Å². The van der Waals surface area contributed by atoms with Crippen LogP contribution in [0, 0.1) is 30.3 Å². The maximum Gasteiger partial charge on any atom is 0.303 e. The van der Waals surface area contributed by atoms with Crippen molar-refractivity contribution in [1.29, 1.82) is 0 Å². The van der Waals surface area contributed by atoms with E-state index in [-0.39, 0.29) is 11.4 Å². The molecule has 3 rings (SSSR count). The number of aromatic nitrogens is 1. The van der Waals surface area contributed by atoms with Crippen molar-refractivity contribution in [2.45, 2.75) is 12.6 Å². The minimum absolute atomic E-state index is 0.0854. The van der Waals surface area contributed by atoms with Crippen LogP contribution in [0.15, 0.2) is 83.3 Å². The molecule has 12 heteroatoms. The van der Waals surface area contributed by atoms with Gasteiger partial charge in [-0.25, -0.2) is 4.57 Å². The Morgan fingerprint density at radius 2 is 1.42 bits per heavy atom. The van der Waals surface area contributed by atoms with Crippen molar-refractivity contribution in [2.24, 2.45) is 10.2 Å². The topological polar surface area (TPSA) is 158 Å². The molecule has 3 aromatic rings. The van der Waals surface area contributed by atoms with Crippen LogP contribution >= 0.6 is 0 Å². The van der Waals surface area contributed by atoms with Crippen molar-refractivity contribution in [3.05, 3.63) is 109 Å². The minimum atomic E-state index is -0.770. The molecule has 0 amide bonds. The zero-order chi connectivity index (χ0) is 22.4. The molecule has 1 aromatic heterocycles. The van der Waals surface area contributed by atoms with Crippen LogP contribution in [0.1, 0.15) is 11.6 Å². The number of rotatable bonds is 8. The summed E-state index contributed by atoms with van der Waals surface area (Å²) < 4.78 is 1.81. The highest BCUT2D eigenvalue weighted by atomic mass is 16.6. The van der Waals surface area contributed by atoms with Gasteiger partial charge in [-0.15, -0.1) is 5.11 Å².